The van der Waals surface area contributed by atoms with Crippen molar-refractivity contribution in [1.82, 2.24) is 0 Å². The third-order valence-corrected chi connectivity index (χ3v) is 8.85. The van der Waals surface area contributed by atoms with Crippen molar-refractivity contribution in [2.75, 3.05) is 20.3 Å². The van der Waals surface area contributed by atoms with Crippen molar-refractivity contribution in [3.05, 3.63) is 110 Å². The van der Waals surface area contributed by atoms with Crippen molar-refractivity contribution < 1.29 is 14.2 Å². The molecule has 0 aromatic heterocycles. The first kappa shape index (κ1) is 25.3. The Hall–Kier alpha value is -1.75. The number of rotatable bonds is 10. The highest BCUT2D eigenvalue weighted by Gasteiger charge is 2.28. The molecule has 0 atom stereocenters. The third-order valence-electron chi connectivity index (χ3n) is 5.01. The SMILES string of the molecule is COCCOc1c(I)cc(COc2ccc([S+](c3ccccc3)c3ccccc3)cc2)cc1I. The summed E-state index contributed by atoms with van der Waals surface area (Å²) in [5.74, 6) is 1.76. The molecule has 6 heteroatoms. The van der Waals surface area contributed by atoms with Gasteiger partial charge < -0.3 is 14.2 Å². The molecule has 0 aliphatic rings. The van der Waals surface area contributed by atoms with E-state index in [9.17, 15) is 0 Å². The average molecular weight is 695 g/mol. The highest BCUT2D eigenvalue weighted by molar-refractivity contribution is 14.1. The molecule has 0 fully saturated rings. The van der Waals surface area contributed by atoms with Crippen LogP contribution in [0.4, 0.5) is 0 Å². The molecule has 0 N–H and O–H groups in total. The van der Waals surface area contributed by atoms with Crippen LogP contribution in [0.15, 0.2) is 112 Å². The van der Waals surface area contributed by atoms with Gasteiger partial charge in [0, 0.05) is 7.11 Å². The Morgan fingerprint density at radius 1 is 0.647 bits per heavy atom. The van der Waals surface area contributed by atoms with Gasteiger partial charge in [-0.15, -0.1) is 0 Å². The summed E-state index contributed by atoms with van der Waals surface area (Å²) >= 11 is 4.63. The molecule has 174 valence electrons. The second-order valence-electron chi connectivity index (χ2n) is 7.42. The lowest BCUT2D eigenvalue weighted by molar-refractivity contribution is 0.145. The lowest BCUT2D eigenvalue weighted by Gasteiger charge is -2.13. The molecular formula is C28H25I2O3S+. The zero-order valence-corrected chi connectivity index (χ0v) is 23.9. The minimum atomic E-state index is -0.156. The van der Waals surface area contributed by atoms with E-state index in [1.807, 2.05) is 0 Å². The van der Waals surface area contributed by atoms with Crippen LogP contribution >= 0.6 is 45.2 Å². The van der Waals surface area contributed by atoms with Crippen molar-refractivity contribution >= 4 is 56.1 Å². The molecule has 0 aliphatic heterocycles. The fourth-order valence-corrected chi connectivity index (χ4v) is 7.71. The molecule has 0 radical (unpaired) electrons. The predicted octanol–water partition coefficient (Wildman–Crippen LogP) is 7.60. The fraction of sp³-hybridized carbons (Fsp3) is 0.143. The van der Waals surface area contributed by atoms with E-state index < -0.39 is 0 Å². The molecule has 4 aromatic carbocycles. The number of methoxy groups -OCH3 is 1. The number of benzene rings is 4. The smallest absolute Gasteiger partial charge is 0.166 e. The molecule has 0 bridgehead atoms. The van der Waals surface area contributed by atoms with Gasteiger partial charge in [0.25, 0.3) is 0 Å². The first-order chi connectivity index (χ1) is 16.7. The second kappa shape index (κ2) is 12.8. The maximum Gasteiger partial charge on any atom is 0.166 e. The zero-order valence-electron chi connectivity index (χ0n) is 18.7. The maximum absolute atomic E-state index is 6.12. The molecule has 4 rings (SSSR count). The average Bonchev–Trinajstić information content (AvgIpc) is 2.87. The molecular weight excluding hydrogens is 670 g/mol. The molecule has 0 unspecified atom stereocenters. The Balaban J connectivity index is 1.47. The van der Waals surface area contributed by atoms with Crippen LogP contribution in [0.25, 0.3) is 0 Å². The van der Waals surface area contributed by atoms with Crippen LogP contribution in [-0.4, -0.2) is 20.3 Å². The van der Waals surface area contributed by atoms with Gasteiger partial charge in [0.2, 0.25) is 0 Å². The summed E-state index contributed by atoms with van der Waals surface area (Å²) < 4.78 is 19.2. The van der Waals surface area contributed by atoms with Gasteiger partial charge in [0.05, 0.1) is 24.6 Å². The Morgan fingerprint density at radius 3 is 1.71 bits per heavy atom. The highest BCUT2D eigenvalue weighted by atomic mass is 127. The van der Waals surface area contributed by atoms with Gasteiger partial charge in [-0.05, 0) is 111 Å². The quantitative estimate of drug-likeness (QED) is 0.0973. The molecule has 0 heterocycles. The van der Waals surface area contributed by atoms with Crippen molar-refractivity contribution in [3.8, 4) is 11.5 Å². The first-order valence-corrected chi connectivity index (χ1v) is 14.2. The van der Waals surface area contributed by atoms with Gasteiger partial charge in [0.1, 0.15) is 24.7 Å². The Bertz CT molecular complexity index is 1120. The second-order valence-corrected chi connectivity index (χ2v) is 11.8. The van der Waals surface area contributed by atoms with E-state index in [2.05, 4.69) is 142 Å². The van der Waals surface area contributed by atoms with E-state index >= 15 is 0 Å². The van der Waals surface area contributed by atoms with Gasteiger partial charge >= 0.3 is 0 Å². The highest BCUT2D eigenvalue weighted by Crippen LogP contribution is 2.33. The van der Waals surface area contributed by atoms with E-state index in [1.165, 1.54) is 14.7 Å². The van der Waals surface area contributed by atoms with Crippen molar-refractivity contribution in [2.24, 2.45) is 0 Å². The molecule has 4 aromatic rings. The molecule has 0 saturated heterocycles. The summed E-state index contributed by atoms with van der Waals surface area (Å²) in [4.78, 5) is 3.88. The lowest BCUT2D eigenvalue weighted by atomic mass is 10.2. The van der Waals surface area contributed by atoms with Gasteiger partial charge in [-0.2, -0.15) is 0 Å². The number of ether oxygens (including phenoxy) is 3. The molecule has 0 aliphatic carbocycles. The van der Waals surface area contributed by atoms with Crippen LogP contribution < -0.4 is 9.47 Å². The summed E-state index contributed by atoms with van der Waals surface area (Å²) in [6.45, 7) is 1.62. The van der Waals surface area contributed by atoms with E-state index in [1.54, 1.807) is 7.11 Å². The van der Waals surface area contributed by atoms with E-state index in [0.29, 0.717) is 19.8 Å². The molecule has 0 spiro atoms. The van der Waals surface area contributed by atoms with Gasteiger partial charge in [-0.25, -0.2) is 0 Å². The molecule has 0 saturated carbocycles. The largest absolute Gasteiger partial charge is 0.489 e. The predicted molar refractivity (Wildman–Crippen MR) is 155 cm³/mol. The molecule has 34 heavy (non-hydrogen) atoms. The van der Waals surface area contributed by atoms with Crippen molar-refractivity contribution in [3.63, 3.8) is 0 Å². The molecule has 0 amide bonds. The monoisotopic (exact) mass is 695 g/mol. The maximum atomic E-state index is 6.12. The van der Waals surface area contributed by atoms with Crippen LogP contribution in [0.2, 0.25) is 0 Å². The number of hydrogen-bond acceptors (Lipinski definition) is 3. The lowest BCUT2D eigenvalue weighted by Crippen LogP contribution is -2.07. The van der Waals surface area contributed by atoms with E-state index in [4.69, 9.17) is 14.2 Å². The van der Waals surface area contributed by atoms with Crippen LogP contribution in [0.3, 0.4) is 0 Å². The fourth-order valence-electron chi connectivity index (χ4n) is 3.42. The summed E-state index contributed by atoms with van der Waals surface area (Å²) in [5, 5.41) is 0. The minimum absolute atomic E-state index is 0.156. The summed E-state index contributed by atoms with van der Waals surface area (Å²) in [6.07, 6.45) is 0. The van der Waals surface area contributed by atoms with Crippen molar-refractivity contribution in [1.29, 1.82) is 0 Å². The van der Waals surface area contributed by atoms with Crippen LogP contribution in [0, 0.1) is 7.14 Å². The topological polar surface area (TPSA) is 27.7 Å². The molecule has 3 nitrogen and oxygen atoms in total. The Labute approximate surface area is 231 Å². The number of halogens is 2. The third kappa shape index (κ3) is 6.68. The number of hydrogen-bond donors (Lipinski definition) is 0. The first-order valence-electron chi connectivity index (χ1n) is 10.8. The van der Waals surface area contributed by atoms with E-state index in [-0.39, 0.29) is 10.9 Å². The van der Waals surface area contributed by atoms with Crippen LogP contribution in [0.5, 0.6) is 11.5 Å². The Morgan fingerprint density at radius 2 is 1.18 bits per heavy atom. The zero-order chi connectivity index (χ0) is 23.8. The van der Waals surface area contributed by atoms with Crippen molar-refractivity contribution in [2.45, 2.75) is 21.3 Å². The summed E-state index contributed by atoms with van der Waals surface area (Å²) in [7, 11) is 1.52. The van der Waals surface area contributed by atoms with E-state index in [0.717, 1.165) is 24.2 Å². The van der Waals surface area contributed by atoms with Gasteiger partial charge in [0.15, 0.2) is 14.7 Å². The minimum Gasteiger partial charge on any atom is -0.489 e. The van der Waals surface area contributed by atoms with Crippen LogP contribution in [-0.2, 0) is 22.2 Å². The summed E-state index contributed by atoms with van der Waals surface area (Å²) in [6, 6.07) is 34.1. The van der Waals surface area contributed by atoms with Gasteiger partial charge in [-0.3, -0.25) is 0 Å². The summed E-state index contributed by atoms with van der Waals surface area (Å²) in [5.41, 5.74) is 1.12. The Kier molecular flexibility index (Phi) is 9.55. The normalized spacial score (nSPS) is 10.9. The van der Waals surface area contributed by atoms with Crippen LogP contribution in [0.1, 0.15) is 5.56 Å². The standard InChI is InChI=1S/C28H25I2O3S/c1-31-16-17-32-28-26(29)18-21(19-27(28)30)20-33-22-12-14-25(15-13-22)34(23-8-4-2-5-9-23)24-10-6-3-7-11-24/h2-15,18-19H,16-17,20H2,1H3/q+1. The van der Waals surface area contributed by atoms with Gasteiger partial charge in [-0.1, -0.05) is 36.4 Å².